The molecule has 5 rings (SSSR count). The summed E-state index contributed by atoms with van der Waals surface area (Å²) < 4.78 is 11.5. The summed E-state index contributed by atoms with van der Waals surface area (Å²) in [5.74, 6) is 3.38. The molecule has 2 N–H and O–H groups in total. The van der Waals surface area contributed by atoms with Gasteiger partial charge in [0.05, 0.1) is 44.1 Å². The van der Waals surface area contributed by atoms with Gasteiger partial charge >= 0.3 is 6.09 Å². The summed E-state index contributed by atoms with van der Waals surface area (Å²) in [4.78, 5) is 14.5. The van der Waals surface area contributed by atoms with Gasteiger partial charge < -0.3 is 24.6 Å². The molecule has 4 aliphatic carbocycles. The second-order valence-electron chi connectivity index (χ2n) is 14.7. The maximum absolute atomic E-state index is 12.7. The van der Waals surface area contributed by atoms with Crippen molar-refractivity contribution in [1.82, 2.24) is 4.90 Å². The number of fused-ring (bicyclic) bond motifs is 5. The highest BCUT2D eigenvalue weighted by atomic mass is 16.6. The zero-order valence-corrected chi connectivity index (χ0v) is 24.9. The molecule has 1 aliphatic heterocycles. The molecule has 218 valence electrons. The van der Waals surface area contributed by atoms with Crippen molar-refractivity contribution in [1.29, 1.82) is 0 Å². The van der Waals surface area contributed by atoms with E-state index in [1.54, 1.807) is 4.90 Å². The van der Waals surface area contributed by atoms with Crippen molar-refractivity contribution in [3.8, 4) is 0 Å². The molecule has 5 fully saturated rings. The Bertz CT molecular complexity index is 842. The molecule has 0 bridgehead atoms. The van der Waals surface area contributed by atoms with Crippen LogP contribution in [0.1, 0.15) is 99.3 Å². The van der Waals surface area contributed by atoms with Gasteiger partial charge in [-0.1, -0.05) is 34.1 Å². The van der Waals surface area contributed by atoms with E-state index in [1.807, 2.05) is 13.8 Å². The molecule has 0 spiro atoms. The van der Waals surface area contributed by atoms with Crippen LogP contribution in [0.25, 0.3) is 0 Å². The first-order valence-electron chi connectivity index (χ1n) is 15.9. The summed E-state index contributed by atoms with van der Waals surface area (Å²) >= 11 is 0. The van der Waals surface area contributed by atoms with E-state index in [4.69, 9.17) is 9.47 Å². The van der Waals surface area contributed by atoms with Gasteiger partial charge in [0.25, 0.3) is 0 Å². The highest BCUT2D eigenvalue weighted by Gasteiger charge is 2.64. The fourth-order valence-corrected chi connectivity index (χ4v) is 10.9. The number of nitrogens with zero attached hydrogens (tertiary/aromatic N) is 1. The third kappa shape index (κ3) is 4.83. The number of ether oxygens (including phenoxy) is 2. The van der Waals surface area contributed by atoms with Crippen molar-refractivity contribution in [3.05, 3.63) is 0 Å². The molecule has 38 heavy (non-hydrogen) atoms. The van der Waals surface area contributed by atoms with Crippen LogP contribution in [0.2, 0.25) is 0 Å². The van der Waals surface area contributed by atoms with Gasteiger partial charge in [-0.05, 0) is 117 Å². The van der Waals surface area contributed by atoms with Crippen LogP contribution in [0.5, 0.6) is 0 Å². The van der Waals surface area contributed by atoms with Crippen molar-refractivity contribution in [2.75, 3.05) is 19.7 Å². The topological polar surface area (TPSA) is 79.2 Å². The molecule has 1 saturated heterocycles. The maximum Gasteiger partial charge on any atom is 0.409 e. The normalized spacial score (nSPS) is 49.5. The lowest BCUT2D eigenvalue weighted by molar-refractivity contribution is -0.203. The fraction of sp³-hybridized carbons (Fsp3) is 0.969. The minimum Gasteiger partial charge on any atom is -0.449 e. The predicted octanol–water partition coefficient (Wildman–Crippen LogP) is 5.89. The third-order valence-corrected chi connectivity index (χ3v) is 12.6. The second kappa shape index (κ2) is 10.9. The number of carbonyl (C=O) groups excluding carboxylic acids is 1. The number of amides is 1. The Morgan fingerprint density at radius 2 is 1.66 bits per heavy atom. The number of hydrogen-bond acceptors (Lipinski definition) is 5. The zero-order valence-electron chi connectivity index (χ0n) is 24.9. The van der Waals surface area contributed by atoms with E-state index >= 15 is 0 Å². The highest BCUT2D eigenvalue weighted by Crippen LogP contribution is 2.69. The van der Waals surface area contributed by atoms with Crippen LogP contribution in [0.15, 0.2) is 0 Å². The Balaban J connectivity index is 1.24. The number of hydrogen-bond donors (Lipinski definition) is 2. The van der Waals surface area contributed by atoms with Gasteiger partial charge in [-0.2, -0.15) is 0 Å². The lowest BCUT2D eigenvalue weighted by Crippen LogP contribution is -2.62. The summed E-state index contributed by atoms with van der Waals surface area (Å²) in [6.45, 7) is 15.3. The van der Waals surface area contributed by atoms with Crippen molar-refractivity contribution in [2.45, 2.75) is 124 Å². The standard InChI is InChI=1S/C32H55NO5/c1-7-23-27-16-22(34)10-13-32(27,6)26-11-14-31(5)24(8-9-25(31)28(26)29(23)35)19(2)12-15-37-30(36)33-17-20(3)38-21(4)18-33/h19-29,34-35H,7-18H2,1-6H3/t19-,20-,21+,22-,23-,24-,25+,26+,27+,28+,29-,31-,32-/m1/s1. The average Bonchev–Trinajstić information content (AvgIpc) is 3.22. The Kier molecular flexibility index (Phi) is 8.19. The summed E-state index contributed by atoms with van der Waals surface area (Å²) in [5, 5.41) is 22.4. The van der Waals surface area contributed by atoms with Crippen LogP contribution in [-0.2, 0) is 9.47 Å². The molecule has 6 nitrogen and oxygen atoms in total. The van der Waals surface area contributed by atoms with Crippen LogP contribution in [0, 0.1) is 52.3 Å². The summed E-state index contributed by atoms with van der Waals surface area (Å²) in [6, 6.07) is 0. The van der Waals surface area contributed by atoms with Crippen molar-refractivity contribution in [2.24, 2.45) is 52.3 Å². The molecular formula is C32H55NO5. The molecule has 1 heterocycles. The van der Waals surface area contributed by atoms with E-state index in [0.717, 1.165) is 32.1 Å². The lowest BCUT2D eigenvalue weighted by Gasteiger charge is -2.64. The van der Waals surface area contributed by atoms with E-state index in [0.29, 0.717) is 61.1 Å². The van der Waals surface area contributed by atoms with Gasteiger partial charge in [0, 0.05) is 0 Å². The van der Waals surface area contributed by atoms with Crippen LogP contribution < -0.4 is 0 Å². The third-order valence-electron chi connectivity index (χ3n) is 12.6. The first-order chi connectivity index (χ1) is 18.0. The first kappa shape index (κ1) is 28.7. The van der Waals surface area contributed by atoms with E-state index in [2.05, 4.69) is 27.7 Å². The van der Waals surface area contributed by atoms with Crippen molar-refractivity contribution < 1.29 is 24.5 Å². The predicted molar refractivity (Wildman–Crippen MR) is 148 cm³/mol. The molecule has 0 aromatic rings. The first-order valence-corrected chi connectivity index (χ1v) is 15.9. The average molecular weight is 534 g/mol. The Morgan fingerprint density at radius 1 is 1.00 bits per heavy atom. The molecule has 6 heteroatoms. The molecule has 0 unspecified atom stereocenters. The highest BCUT2D eigenvalue weighted by molar-refractivity contribution is 5.67. The molecule has 13 atom stereocenters. The minimum atomic E-state index is -0.244. The zero-order chi connectivity index (χ0) is 27.4. The Morgan fingerprint density at radius 3 is 2.34 bits per heavy atom. The van der Waals surface area contributed by atoms with Crippen molar-refractivity contribution in [3.63, 3.8) is 0 Å². The SMILES string of the molecule is CC[C@H]1[C@@H](O)[C@@H]2[C@H](CC[C@]3(C)[C@@H]([C@H](C)CCOC(=O)N4C[C@@H](C)O[C@@H](C)C4)CC[C@@H]23)[C@@]2(C)CC[C@@H](O)C[C@@H]12. The second-order valence-corrected chi connectivity index (χ2v) is 14.7. The smallest absolute Gasteiger partial charge is 0.409 e. The number of rotatable bonds is 5. The lowest BCUT2D eigenvalue weighted by atomic mass is 9.41. The summed E-state index contributed by atoms with van der Waals surface area (Å²) in [6.07, 6.45) is 9.16. The van der Waals surface area contributed by atoms with Crippen LogP contribution in [0.4, 0.5) is 4.79 Å². The minimum absolute atomic E-state index is 0.0504. The summed E-state index contributed by atoms with van der Waals surface area (Å²) in [5.41, 5.74) is 0.494. The quantitative estimate of drug-likeness (QED) is 0.461. The monoisotopic (exact) mass is 533 g/mol. The van der Waals surface area contributed by atoms with Gasteiger partial charge in [0.15, 0.2) is 0 Å². The molecule has 4 saturated carbocycles. The van der Waals surface area contributed by atoms with Crippen LogP contribution in [-0.4, -0.2) is 65.3 Å². The van der Waals surface area contributed by atoms with Gasteiger partial charge in [-0.15, -0.1) is 0 Å². The molecule has 0 aromatic carbocycles. The largest absolute Gasteiger partial charge is 0.449 e. The molecule has 5 aliphatic rings. The molecule has 0 radical (unpaired) electrons. The molecule has 1 amide bonds. The van der Waals surface area contributed by atoms with Gasteiger partial charge in [0.2, 0.25) is 0 Å². The summed E-state index contributed by atoms with van der Waals surface area (Å²) in [7, 11) is 0. The maximum atomic E-state index is 12.7. The van der Waals surface area contributed by atoms with Crippen LogP contribution >= 0.6 is 0 Å². The number of carbonyl (C=O) groups is 1. The van der Waals surface area contributed by atoms with E-state index < -0.39 is 0 Å². The number of morpholine rings is 1. The number of aliphatic hydroxyl groups excluding tert-OH is 2. The van der Waals surface area contributed by atoms with Crippen molar-refractivity contribution >= 4 is 6.09 Å². The van der Waals surface area contributed by atoms with E-state index in [9.17, 15) is 15.0 Å². The van der Waals surface area contributed by atoms with Gasteiger partial charge in [-0.25, -0.2) is 4.79 Å². The number of aliphatic hydroxyl groups is 2. The van der Waals surface area contributed by atoms with Crippen LogP contribution in [0.3, 0.4) is 0 Å². The van der Waals surface area contributed by atoms with Gasteiger partial charge in [0.1, 0.15) is 0 Å². The van der Waals surface area contributed by atoms with E-state index in [-0.39, 0.29) is 41.3 Å². The Hall–Kier alpha value is -0.850. The molecular weight excluding hydrogens is 478 g/mol. The fourth-order valence-electron chi connectivity index (χ4n) is 10.9. The molecule has 0 aromatic heterocycles. The Labute approximate surface area is 231 Å². The van der Waals surface area contributed by atoms with Gasteiger partial charge in [-0.3, -0.25) is 0 Å². The van der Waals surface area contributed by atoms with E-state index in [1.165, 1.54) is 25.7 Å².